The fourth-order valence-corrected chi connectivity index (χ4v) is 2.84. The summed E-state index contributed by atoms with van der Waals surface area (Å²) >= 11 is 0. The monoisotopic (exact) mass is 320 g/mol. The van der Waals surface area contributed by atoms with Crippen molar-refractivity contribution < 1.29 is 4.79 Å². The second-order valence-electron chi connectivity index (χ2n) is 5.69. The Bertz CT molecular complexity index is 890. The van der Waals surface area contributed by atoms with E-state index in [2.05, 4.69) is 25.1 Å². The first-order valence-electron chi connectivity index (χ1n) is 7.83. The summed E-state index contributed by atoms with van der Waals surface area (Å²) in [6, 6.07) is 7.39. The lowest BCUT2D eigenvalue weighted by atomic mass is 10.1. The number of aromatic nitrogens is 5. The van der Waals surface area contributed by atoms with Crippen LogP contribution in [0.25, 0.3) is 11.4 Å². The van der Waals surface area contributed by atoms with Gasteiger partial charge in [-0.25, -0.2) is 15.0 Å². The highest BCUT2D eigenvalue weighted by Crippen LogP contribution is 2.24. The van der Waals surface area contributed by atoms with Gasteiger partial charge < -0.3 is 4.90 Å². The lowest BCUT2D eigenvalue weighted by Crippen LogP contribution is -2.25. The number of amides is 1. The zero-order valence-electron chi connectivity index (χ0n) is 13.2. The van der Waals surface area contributed by atoms with E-state index in [1.807, 2.05) is 37.4 Å². The molecule has 120 valence electrons. The Morgan fingerprint density at radius 1 is 1.29 bits per heavy atom. The molecule has 24 heavy (non-hydrogen) atoms. The largest absolute Gasteiger partial charge is 0.328 e. The number of aromatic amines is 1. The third-order valence-electron chi connectivity index (χ3n) is 4.11. The molecule has 0 unspecified atom stereocenters. The minimum atomic E-state index is -0.0209. The van der Waals surface area contributed by atoms with E-state index in [1.54, 1.807) is 4.90 Å². The van der Waals surface area contributed by atoms with Crippen LogP contribution in [0.2, 0.25) is 0 Å². The number of aryl methyl sites for hydroxylation is 1. The lowest BCUT2D eigenvalue weighted by Gasteiger charge is -2.15. The summed E-state index contributed by atoms with van der Waals surface area (Å²) in [6.45, 7) is 3.09. The number of fused-ring (bicyclic) bond motifs is 1. The average Bonchev–Trinajstić information content (AvgIpc) is 3.30. The summed E-state index contributed by atoms with van der Waals surface area (Å²) < 4.78 is 0. The minimum absolute atomic E-state index is 0.0209. The number of carbonyl (C=O) groups excluding carboxylic acids is 1. The van der Waals surface area contributed by atoms with Crippen LogP contribution in [0.1, 0.15) is 34.4 Å². The summed E-state index contributed by atoms with van der Waals surface area (Å²) in [4.78, 5) is 27.6. The molecular formula is C17H16N6O. The van der Waals surface area contributed by atoms with Crippen molar-refractivity contribution in [2.24, 2.45) is 0 Å². The molecule has 0 spiro atoms. The van der Waals surface area contributed by atoms with E-state index in [0.717, 1.165) is 29.1 Å². The highest BCUT2D eigenvalue weighted by molar-refractivity contribution is 5.95. The van der Waals surface area contributed by atoms with Gasteiger partial charge in [-0.05, 0) is 12.1 Å². The van der Waals surface area contributed by atoms with Gasteiger partial charge in [-0.15, -0.1) is 0 Å². The Morgan fingerprint density at radius 2 is 2.21 bits per heavy atom. The zero-order chi connectivity index (χ0) is 16.5. The number of hydrogen-bond donors (Lipinski definition) is 1. The molecule has 3 aromatic rings. The van der Waals surface area contributed by atoms with Crippen molar-refractivity contribution in [1.82, 2.24) is 30.0 Å². The molecule has 0 atom stereocenters. The van der Waals surface area contributed by atoms with E-state index in [-0.39, 0.29) is 5.91 Å². The molecule has 0 aliphatic carbocycles. The van der Waals surface area contributed by atoms with Crippen molar-refractivity contribution in [2.75, 3.05) is 0 Å². The van der Waals surface area contributed by atoms with Crippen LogP contribution in [0.15, 0.2) is 36.8 Å². The number of nitrogens with zero attached hydrogens (tertiary/aromatic N) is 5. The third-order valence-corrected chi connectivity index (χ3v) is 4.11. The molecule has 1 aromatic carbocycles. The second-order valence-corrected chi connectivity index (χ2v) is 5.69. The highest BCUT2D eigenvalue weighted by Gasteiger charge is 2.26. The van der Waals surface area contributed by atoms with Gasteiger partial charge in [-0.2, -0.15) is 5.10 Å². The molecule has 3 heterocycles. The van der Waals surface area contributed by atoms with E-state index in [1.165, 1.54) is 6.33 Å². The molecule has 0 radical (unpaired) electrons. The van der Waals surface area contributed by atoms with Gasteiger partial charge in [-0.1, -0.05) is 19.1 Å². The Kier molecular flexibility index (Phi) is 3.53. The third kappa shape index (κ3) is 2.54. The smallest absolute Gasteiger partial charge is 0.254 e. The normalized spacial score (nSPS) is 13.1. The maximum Gasteiger partial charge on any atom is 0.254 e. The molecule has 7 nitrogen and oxygen atoms in total. The molecule has 1 amide bonds. The lowest BCUT2D eigenvalue weighted by molar-refractivity contribution is 0.0750. The molecule has 0 saturated heterocycles. The van der Waals surface area contributed by atoms with Gasteiger partial charge in [0.15, 0.2) is 5.82 Å². The topological polar surface area (TPSA) is 87.7 Å². The van der Waals surface area contributed by atoms with Gasteiger partial charge in [0, 0.05) is 35.9 Å². The highest BCUT2D eigenvalue weighted by atomic mass is 16.2. The van der Waals surface area contributed by atoms with Crippen LogP contribution in [-0.2, 0) is 19.5 Å². The van der Waals surface area contributed by atoms with Gasteiger partial charge in [0.25, 0.3) is 5.91 Å². The number of rotatable bonds is 3. The second kappa shape index (κ2) is 5.84. The number of nitrogens with one attached hydrogen (secondary N) is 1. The van der Waals surface area contributed by atoms with Crippen molar-refractivity contribution in [3.05, 3.63) is 59.4 Å². The number of benzene rings is 1. The molecule has 1 aliphatic heterocycles. The number of H-pyrrole nitrogens is 1. The summed E-state index contributed by atoms with van der Waals surface area (Å²) in [5.41, 5.74) is 3.43. The number of hydrogen-bond acceptors (Lipinski definition) is 5. The SMILES string of the molecule is CCc1ncc2c(n1)CN(C(=O)c1cccc(-c3ncn[nH]3)c1)C2. The average molecular weight is 320 g/mol. The predicted molar refractivity (Wildman–Crippen MR) is 86.8 cm³/mol. The van der Waals surface area contributed by atoms with Crippen molar-refractivity contribution in [2.45, 2.75) is 26.4 Å². The summed E-state index contributed by atoms with van der Waals surface area (Å²) in [5, 5.41) is 6.66. The van der Waals surface area contributed by atoms with Gasteiger partial charge in [0.2, 0.25) is 0 Å². The van der Waals surface area contributed by atoms with Crippen molar-refractivity contribution in [3.8, 4) is 11.4 Å². The first-order chi connectivity index (χ1) is 11.7. The minimum Gasteiger partial charge on any atom is -0.328 e. The molecule has 0 bridgehead atoms. The predicted octanol–water partition coefficient (Wildman–Crippen LogP) is 1.98. The summed E-state index contributed by atoms with van der Waals surface area (Å²) in [7, 11) is 0. The number of carbonyl (C=O) groups is 1. The van der Waals surface area contributed by atoms with Crippen LogP contribution in [0.5, 0.6) is 0 Å². The first kappa shape index (κ1) is 14.5. The van der Waals surface area contributed by atoms with Crippen LogP contribution < -0.4 is 0 Å². The molecule has 7 heteroatoms. The Labute approximate surface area is 138 Å². The molecule has 0 fully saturated rings. The summed E-state index contributed by atoms with van der Waals surface area (Å²) in [5.74, 6) is 1.44. The fraction of sp³-hybridized carbons (Fsp3) is 0.235. The Hall–Kier alpha value is -3.09. The Morgan fingerprint density at radius 3 is 3.00 bits per heavy atom. The maximum absolute atomic E-state index is 12.8. The van der Waals surface area contributed by atoms with Gasteiger partial charge in [0.05, 0.1) is 12.2 Å². The van der Waals surface area contributed by atoms with Crippen molar-refractivity contribution >= 4 is 5.91 Å². The van der Waals surface area contributed by atoms with Crippen LogP contribution >= 0.6 is 0 Å². The van der Waals surface area contributed by atoms with Gasteiger partial charge >= 0.3 is 0 Å². The van der Waals surface area contributed by atoms with Crippen LogP contribution in [-0.4, -0.2) is 36.0 Å². The molecule has 0 saturated carbocycles. The van der Waals surface area contributed by atoms with Crippen molar-refractivity contribution in [1.29, 1.82) is 0 Å². The van der Waals surface area contributed by atoms with Crippen LogP contribution in [0, 0.1) is 0 Å². The first-order valence-corrected chi connectivity index (χ1v) is 7.83. The maximum atomic E-state index is 12.8. The van der Waals surface area contributed by atoms with Crippen molar-refractivity contribution in [3.63, 3.8) is 0 Å². The molecule has 4 rings (SSSR count). The van der Waals surface area contributed by atoms with E-state index in [0.29, 0.717) is 24.5 Å². The fourth-order valence-electron chi connectivity index (χ4n) is 2.84. The Balaban J connectivity index is 1.58. The van der Waals surface area contributed by atoms with Crippen LogP contribution in [0.3, 0.4) is 0 Å². The molecule has 1 aliphatic rings. The van der Waals surface area contributed by atoms with Crippen LogP contribution in [0.4, 0.5) is 0 Å². The van der Waals surface area contributed by atoms with Gasteiger partial charge in [0.1, 0.15) is 12.2 Å². The van der Waals surface area contributed by atoms with E-state index in [9.17, 15) is 4.79 Å². The van der Waals surface area contributed by atoms with Gasteiger partial charge in [-0.3, -0.25) is 9.89 Å². The molecule has 1 N–H and O–H groups in total. The zero-order valence-corrected chi connectivity index (χ0v) is 13.2. The van der Waals surface area contributed by atoms with E-state index >= 15 is 0 Å². The van der Waals surface area contributed by atoms with E-state index < -0.39 is 0 Å². The standard InChI is InChI=1S/C17H16N6O/c1-2-15-18-7-13-8-23(9-14(13)21-15)17(24)12-5-3-4-11(6-12)16-19-10-20-22-16/h3-7,10H,2,8-9H2,1H3,(H,19,20,22). The summed E-state index contributed by atoms with van der Waals surface area (Å²) in [6.07, 6.45) is 4.07. The molecular weight excluding hydrogens is 304 g/mol. The van der Waals surface area contributed by atoms with E-state index in [4.69, 9.17) is 0 Å². The quantitative estimate of drug-likeness (QED) is 0.797. The molecule has 2 aromatic heterocycles.